The molecule has 4 aromatic heterocycles. The average molecular weight is 403 g/mol. The van der Waals surface area contributed by atoms with E-state index in [-0.39, 0.29) is 0 Å². The number of benzene rings is 1. The van der Waals surface area contributed by atoms with Crippen molar-refractivity contribution >= 4 is 33.5 Å². The molecule has 1 aliphatic carbocycles. The van der Waals surface area contributed by atoms with Gasteiger partial charge < -0.3 is 5.73 Å². The molecular formula is C24H17N7. The summed E-state index contributed by atoms with van der Waals surface area (Å²) < 4.78 is 1.80. The fourth-order valence-corrected chi connectivity index (χ4v) is 3.88. The zero-order valence-electron chi connectivity index (χ0n) is 16.7. The summed E-state index contributed by atoms with van der Waals surface area (Å²) in [6.07, 6.45) is 9.18. The summed E-state index contributed by atoms with van der Waals surface area (Å²) in [7, 11) is 0. The van der Waals surface area contributed by atoms with Gasteiger partial charge in [0.05, 0.1) is 28.0 Å². The lowest BCUT2D eigenvalue weighted by molar-refractivity contribution is 0.923. The number of nitrogens with two attached hydrogens (primary N) is 1. The first-order valence-electron chi connectivity index (χ1n) is 9.90. The van der Waals surface area contributed by atoms with Crippen LogP contribution in [0.1, 0.15) is 5.56 Å². The van der Waals surface area contributed by atoms with Gasteiger partial charge in [-0.05, 0) is 48.9 Å². The van der Waals surface area contributed by atoms with Crippen LogP contribution in [0.4, 0.5) is 5.82 Å². The van der Waals surface area contributed by atoms with Crippen LogP contribution in [0.5, 0.6) is 0 Å². The molecule has 0 unspecified atom stereocenters. The van der Waals surface area contributed by atoms with Gasteiger partial charge in [-0.3, -0.25) is 4.98 Å². The first-order chi connectivity index (χ1) is 15.2. The zero-order chi connectivity index (χ0) is 20.9. The Hall–Kier alpha value is -4.39. The molecule has 0 radical (unpaired) electrons. The van der Waals surface area contributed by atoms with E-state index in [9.17, 15) is 0 Å². The molecule has 7 heteroatoms. The van der Waals surface area contributed by atoms with Crippen LogP contribution >= 0.6 is 0 Å². The zero-order valence-corrected chi connectivity index (χ0v) is 16.7. The maximum Gasteiger partial charge on any atom is 0.169 e. The number of aryl methyl sites for hydroxylation is 1. The van der Waals surface area contributed by atoms with Gasteiger partial charge >= 0.3 is 0 Å². The fourth-order valence-electron chi connectivity index (χ4n) is 3.88. The predicted molar refractivity (Wildman–Crippen MR) is 122 cm³/mol. The van der Waals surface area contributed by atoms with E-state index in [1.54, 1.807) is 10.9 Å². The Morgan fingerprint density at radius 2 is 1.87 bits per heavy atom. The van der Waals surface area contributed by atoms with Crippen LogP contribution in [0.2, 0.25) is 0 Å². The Morgan fingerprint density at radius 1 is 0.968 bits per heavy atom. The second-order valence-electron chi connectivity index (χ2n) is 7.44. The lowest BCUT2D eigenvalue weighted by Gasteiger charge is -2.08. The van der Waals surface area contributed by atoms with Gasteiger partial charge in [-0.25, -0.2) is 19.6 Å². The number of hydrogen-bond donors (Lipinski definition) is 1. The van der Waals surface area contributed by atoms with E-state index in [2.05, 4.69) is 34.0 Å². The molecule has 0 aliphatic heterocycles. The van der Waals surface area contributed by atoms with Crippen molar-refractivity contribution in [2.75, 3.05) is 5.73 Å². The Bertz CT molecular complexity index is 1550. The molecule has 7 nitrogen and oxygen atoms in total. The maximum absolute atomic E-state index is 6.24. The van der Waals surface area contributed by atoms with Crippen molar-refractivity contribution in [2.45, 2.75) is 6.92 Å². The van der Waals surface area contributed by atoms with Crippen LogP contribution in [0.15, 0.2) is 73.2 Å². The van der Waals surface area contributed by atoms with Crippen molar-refractivity contribution in [1.82, 2.24) is 29.7 Å². The van der Waals surface area contributed by atoms with Crippen LogP contribution in [0, 0.1) is 6.92 Å². The van der Waals surface area contributed by atoms with Gasteiger partial charge in [0.2, 0.25) is 0 Å². The molecule has 0 saturated carbocycles. The highest BCUT2D eigenvalue weighted by Gasteiger charge is 2.20. The van der Waals surface area contributed by atoms with Gasteiger partial charge in [0.25, 0.3) is 0 Å². The number of nitrogen functional groups attached to an aromatic ring is 1. The summed E-state index contributed by atoms with van der Waals surface area (Å²) in [6, 6.07) is 14.0. The molecule has 4 heterocycles. The molecule has 0 amide bonds. The lowest BCUT2D eigenvalue weighted by Crippen LogP contribution is -2.02. The number of aromatic nitrogens is 6. The lowest BCUT2D eigenvalue weighted by atomic mass is 10.0. The number of allylic oxidation sites excluding steroid dienone is 4. The molecule has 1 aromatic carbocycles. The minimum atomic E-state index is 0.404. The van der Waals surface area contributed by atoms with Crippen LogP contribution in [-0.2, 0) is 0 Å². The third kappa shape index (κ3) is 2.71. The number of fused-ring (bicyclic) bond motifs is 2. The summed E-state index contributed by atoms with van der Waals surface area (Å²) in [6.45, 7) is 2.08. The summed E-state index contributed by atoms with van der Waals surface area (Å²) >= 11 is 0. The molecule has 0 spiro atoms. The van der Waals surface area contributed by atoms with E-state index >= 15 is 0 Å². The molecule has 2 N–H and O–H groups in total. The monoisotopic (exact) mass is 403 g/mol. The fraction of sp³-hybridized carbons (Fsp3) is 0.0417. The molecule has 148 valence electrons. The average Bonchev–Trinajstić information content (AvgIpc) is 3.13. The molecule has 5 aromatic rings. The van der Waals surface area contributed by atoms with Crippen LogP contribution in [0.25, 0.3) is 50.3 Å². The van der Waals surface area contributed by atoms with Crippen molar-refractivity contribution < 1.29 is 0 Å². The summed E-state index contributed by atoms with van der Waals surface area (Å²) in [5, 5.41) is 6.65. The van der Waals surface area contributed by atoms with E-state index in [1.165, 1.54) is 6.33 Å². The Labute approximate surface area is 177 Å². The SMILES string of the molecule is Cc1cc(-c2ccccn2)nc2cc(-c3nn(C4=CC=C4)c4ncnc(N)c34)ccc12. The normalized spacial score (nSPS) is 12.9. The first kappa shape index (κ1) is 17.5. The van der Waals surface area contributed by atoms with E-state index in [4.69, 9.17) is 15.8 Å². The standard InChI is InChI=1S/C24H17N7/c1-14-11-20(18-7-2-3-10-26-18)29-19-12-15(8-9-17(14)19)22-21-23(25)27-13-28-24(21)31(30-22)16-5-4-6-16/h2-13H,1H3,(H2,25,27,28). The topological polar surface area (TPSA) is 95.4 Å². The van der Waals surface area contributed by atoms with Crippen molar-refractivity contribution in [3.63, 3.8) is 0 Å². The number of rotatable bonds is 3. The minimum absolute atomic E-state index is 0.404. The second-order valence-corrected chi connectivity index (χ2v) is 7.44. The number of anilines is 1. The van der Waals surface area contributed by atoms with Crippen LogP contribution in [-0.4, -0.2) is 29.7 Å². The van der Waals surface area contributed by atoms with E-state index < -0.39 is 0 Å². The smallest absolute Gasteiger partial charge is 0.169 e. The molecule has 0 bridgehead atoms. The summed E-state index contributed by atoms with van der Waals surface area (Å²) in [5.74, 6) is 0.404. The molecule has 1 aliphatic rings. The maximum atomic E-state index is 6.24. The molecule has 0 atom stereocenters. The van der Waals surface area contributed by atoms with Gasteiger partial charge in [-0.2, -0.15) is 5.10 Å². The van der Waals surface area contributed by atoms with Gasteiger partial charge in [0, 0.05) is 17.1 Å². The van der Waals surface area contributed by atoms with Gasteiger partial charge in [0.15, 0.2) is 5.65 Å². The van der Waals surface area contributed by atoms with Crippen LogP contribution < -0.4 is 5.73 Å². The number of nitrogens with zero attached hydrogens (tertiary/aromatic N) is 6. The third-order valence-electron chi connectivity index (χ3n) is 5.49. The predicted octanol–water partition coefficient (Wildman–Crippen LogP) is 4.40. The van der Waals surface area contributed by atoms with Crippen molar-refractivity contribution in [2.24, 2.45) is 0 Å². The number of hydrogen-bond acceptors (Lipinski definition) is 6. The van der Waals surface area contributed by atoms with Gasteiger partial charge in [-0.15, -0.1) is 0 Å². The Morgan fingerprint density at radius 3 is 2.65 bits per heavy atom. The Kier molecular flexibility index (Phi) is 3.70. The first-order valence-corrected chi connectivity index (χ1v) is 9.90. The summed E-state index contributed by atoms with van der Waals surface area (Å²) in [5.41, 5.74) is 13.2. The molecular weight excluding hydrogens is 386 g/mol. The molecule has 0 fully saturated rings. The van der Waals surface area contributed by atoms with Crippen molar-refractivity contribution in [1.29, 1.82) is 0 Å². The van der Waals surface area contributed by atoms with Gasteiger partial charge in [-0.1, -0.05) is 24.3 Å². The van der Waals surface area contributed by atoms with E-state index in [0.717, 1.165) is 50.2 Å². The van der Waals surface area contributed by atoms with E-state index in [1.807, 2.05) is 48.6 Å². The molecule has 31 heavy (non-hydrogen) atoms. The highest BCUT2D eigenvalue weighted by molar-refractivity contribution is 6.01. The molecule has 6 rings (SSSR count). The van der Waals surface area contributed by atoms with Crippen LogP contribution in [0.3, 0.4) is 0 Å². The highest BCUT2D eigenvalue weighted by atomic mass is 15.3. The largest absolute Gasteiger partial charge is 0.383 e. The quantitative estimate of drug-likeness (QED) is 0.480. The van der Waals surface area contributed by atoms with Gasteiger partial charge in [0.1, 0.15) is 17.8 Å². The van der Waals surface area contributed by atoms with E-state index in [0.29, 0.717) is 11.5 Å². The summed E-state index contributed by atoms with van der Waals surface area (Å²) in [4.78, 5) is 18.0. The molecule has 0 saturated heterocycles. The second kappa shape index (κ2) is 6.56. The Balaban J connectivity index is 1.58. The minimum Gasteiger partial charge on any atom is -0.383 e. The highest BCUT2D eigenvalue weighted by Crippen LogP contribution is 2.34. The van der Waals surface area contributed by atoms with Crippen molar-refractivity contribution in [3.8, 4) is 22.6 Å². The number of pyridine rings is 2. The third-order valence-corrected chi connectivity index (χ3v) is 5.49. The van der Waals surface area contributed by atoms with Crippen molar-refractivity contribution in [3.05, 3.63) is 78.8 Å².